The second kappa shape index (κ2) is 6.78. The first-order valence-electron chi connectivity index (χ1n) is 8.38. The summed E-state index contributed by atoms with van der Waals surface area (Å²) in [6.07, 6.45) is 4.94. The Hall–Kier alpha value is -2.41. The van der Waals surface area contributed by atoms with Crippen LogP contribution in [0, 0.1) is 18.3 Å². The molecule has 120 valence electrons. The Kier molecular flexibility index (Phi) is 4.57. The summed E-state index contributed by atoms with van der Waals surface area (Å²) in [5, 5.41) is 9.50. The highest BCUT2D eigenvalue weighted by Gasteiger charge is 2.20. The van der Waals surface area contributed by atoms with Gasteiger partial charge in [-0.3, -0.25) is 0 Å². The number of hydrogen-bond donors (Lipinski definition) is 1. The number of aryl methyl sites for hydroxylation is 1. The van der Waals surface area contributed by atoms with Gasteiger partial charge in [0.1, 0.15) is 17.6 Å². The van der Waals surface area contributed by atoms with Crippen molar-refractivity contribution < 1.29 is 0 Å². The van der Waals surface area contributed by atoms with Gasteiger partial charge in [0.15, 0.2) is 0 Å². The molecular formula is C19H24N4. The Morgan fingerprint density at radius 3 is 2.52 bits per heavy atom. The molecule has 0 spiro atoms. The lowest BCUT2D eigenvalue weighted by atomic mass is 10.1. The van der Waals surface area contributed by atoms with Crippen molar-refractivity contribution >= 4 is 11.5 Å². The van der Waals surface area contributed by atoms with Crippen molar-refractivity contribution in [2.24, 2.45) is 0 Å². The smallest absolute Gasteiger partial charge is 0.133 e. The largest absolute Gasteiger partial charge is 0.396 e. The van der Waals surface area contributed by atoms with Gasteiger partial charge in [0, 0.05) is 13.1 Å². The maximum absolute atomic E-state index is 9.50. The van der Waals surface area contributed by atoms with Gasteiger partial charge in [0.25, 0.3) is 0 Å². The summed E-state index contributed by atoms with van der Waals surface area (Å²) in [4.78, 5) is 2.36. The number of hydrogen-bond acceptors (Lipinski definition) is 3. The first-order chi connectivity index (χ1) is 11.2. The lowest BCUT2D eigenvalue weighted by molar-refractivity contribution is 0.715. The van der Waals surface area contributed by atoms with Gasteiger partial charge in [-0.25, -0.2) is 0 Å². The van der Waals surface area contributed by atoms with Crippen LogP contribution >= 0.6 is 0 Å². The van der Waals surface area contributed by atoms with Gasteiger partial charge in [-0.2, -0.15) is 5.26 Å². The molecule has 0 amide bonds. The van der Waals surface area contributed by atoms with Crippen molar-refractivity contribution in [3.8, 4) is 6.07 Å². The van der Waals surface area contributed by atoms with Crippen molar-refractivity contribution in [1.29, 1.82) is 5.26 Å². The van der Waals surface area contributed by atoms with Crippen molar-refractivity contribution in [3.63, 3.8) is 0 Å². The van der Waals surface area contributed by atoms with Crippen LogP contribution in [0.3, 0.4) is 0 Å². The minimum atomic E-state index is 0.642. The summed E-state index contributed by atoms with van der Waals surface area (Å²) in [5.41, 5.74) is 10.1. The number of benzene rings is 1. The molecule has 3 rings (SSSR count). The summed E-state index contributed by atoms with van der Waals surface area (Å²) in [6, 6.07) is 12.6. The van der Waals surface area contributed by atoms with E-state index in [4.69, 9.17) is 5.73 Å². The number of nitriles is 1. The normalized spacial score (nSPS) is 15.2. The molecule has 4 nitrogen and oxygen atoms in total. The molecule has 1 aliphatic heterocycles. The number of anilines is 2. The summed E-state index contributed by atoms with van der Waals surface area (Å²) < 4.78 is 2.08. The van der Waals surface area contributed by atoms with Crippen LogP contribution in [-0.4, -0.2) is 17.7 Å². The summed E-state index contributed by atoms with van der Waals surface area (Å²) in [7, 11) is 0. The quantitative estimate of drug-likeness (QED) is 0.941. The van der Waals surface area contributed by atoms with Gasteiger partial charge < -0.3 is 15.2 Å². The molecule has 2 aromatic rings. The molecular weight excluding hydrogens is 284 g/mol. The van der Waals surface area contributed by atoms with E-state index in [1.807, 2.05) is 6.07 Å². The lowest BCUT2D eigenvalue weighted by Gasteiger charge is -2.25. The molecule has 23 heavy (non-hydrogen) atoms. The van der Waals surface area contributed by atoms with E-state index in [-0.39, 0.29) is 0 Å². The summed E-state index contributed by atoms with van der Waals surface area (Å²) in [6.45, 7) is 4.82. The number of nitrogens with two attached hydrogens (primary N) is 1. The van der Waals surface area contributed by atoms with E-state index < -0.39 is 0 Å². The van der Waals surface area contributed by atoms with Gasteiger partial charge in [0.2, 0.25) is 0 Å². The highest BCUT2D eigenvalue weighted by molar-refractivity contribution is 5.68. The molecule has 0 bridgehead atoms. The molecule has 4 heteroatoms. The van der Waals surface area contributed by atoms with Crippen LogP contribution in [0.5, 0.6) is 0 Å². The molecule has 0 radical (unpaired) electrons. The lowest BCUT2D eigenvalue weighted by Crippen LogP contribution is -2.27. The molecule has 0 saturated carbocycles. The number of nitrogens with zero attached hydrogens (tertiary/aromatic N) is 3. The average molecular weight is 308 g/mol. The molecule has 1 fully saturated rings. The molecule has 1 aliphatic rings. The predicted octanol–water partition coefficient (Wildman–Crippen LogP) is 3.68. The van der Waals surface area contributed by atoms with E-state index in [0.29, 0.717) is 12.2 Å². The molecule has 1 aromatic carbocycles. The van der Waals surface area contributed by atoms with E-state index in [9.17, 15) is 5.26 Å². The van der Waals surface area contributed by atoms with Gasteiger partial charge >= 0.3 is 0 Å². The van der Waals surface area contributed by atoms with E-state index in [0.717, 1.165) is 24.6 Å². The highest BCUT2D eigenvalue weighted by Crippen LogP contribution is 2.30. The fraction of sp³-hybridized carbons (Fsp3) is 0.421. The summed E-state index contributed by atoms with van der Waals surface area (Å²) in [5.74, 6) is 1.02. The SMILES string of the molecule is Cc1cccc(Cn2c(C#N)cc(N)c2N2CCCCCC2)c1. The van der Waals surface area contributed by atoms with Crippen LogP contribution in [0.4, 0.5) is 11.5 Å². The van der Waals surface area contributed by atoms with Crippen LogP contribution in [0.15, 0.2) is 30.3 Å². The third kappa shape index (κ3) is 3.34. The maximum atomic E-state index is 9.50. The molecule has 0 atom stereocenters. The van der Waals surface area contributed by atoms with Gasteiger partial charge in [-0.1, -0.05) is 42.7 Å². The summed E-state index contributed by atoms with van der Waals surface area (Å²) >= 11 is 0. The zero-order valence-corrected chi connectivity index (χ0v) is 13.8. The molecule has 2 N–H and O–H groups in total. The topological polar surface area (TPSA) is 58.0 Å². The Morgan fingerprint density at radius 2 is 1.87 bits per heavy atom. The number of nitrogen functional groups attached to an aromatic ring is 1. The van der Waals surface area contributed by atoms with E-state index in [1.54, 1.807) is 0 Å². The zero-order chi connectivity index (χ0) is 16.2. The minimum absolute atomic E-state index is 0.642. The fourth-order valence-electron chi connectivity index (χ4n) is 3.44. The van der Waals surface area contributed by atoms with Crippen LogP contribution in [0.1, 0.15) is 42.5 Å². The highest BCUT2D eigenvalue weighted by atomic mass is 15.3. The van der Waals surface area contributed by atoms with Gasteiger partial charge in [-0.05, 0) is 31.4 Å². The zero-order valence-electron chi connectivity index (χ0n) is 13.8. The average Bonchev–Trinajstić information content (AvgIpc) is 2.71. The first-order valence-corrected chi connectivity index (χ1v) is 8.38. The Morgan fingerprint density at radius 1 is 1.13 bits per heavy atom. The predicted molar refractivity (Wildman–Crippen MR) is 94.5 cm³/mol. The van der Waals surface area contributed by atoms with Crippen molar-refractivity contribution in [3.05, 3.63) is 47.2 Å². The minimum Gasteiger partial charge on any atom is -0.396 e. The maximum Gasteiger partial charge on any atom is 0.133 e. The van der Waals surface area contributed by atoms with Crippen molar-refractivity contribution in [2.45, 2.75) is 39.2 Å². The van der Waals surface area contributed by atoms with E-state index in [2.05, 4.69) is 46.7 Å². The van der Waals surface area contributed by atoms with Crippen LogP contribution in [0.25, 0.3) is 0 Å². The monoisotopic (exact) mass is 308 g/mol. The van der Waals surface area contributed by atoms with Gasteiger partial charge in [0.05, 0.1) is 12.2 Å². The van der Waals surface area contributed by atoms with Gasteiger partial charge in [-0.15, -0.1) is 0 Å². The Balaban J connectivity index is 1.98. The van der Waals surface area contributed by atoms with Crippen LogP contribution < -0.4 is 10.6 Å². The van der Waals surface area contributed by atoms with E-state index >= 15 is 0 Å². The van der Waals surface area contributed by atoms with Crippen molar-refractivity contribution in [2.75, 3.05) is 23.7 Å². The third-order valence-electron chi connectivity index (χ3n) is 4.54. The van der Waals surface area contributed by atoms with Crippen molar-refractivity contribution in [1.82, 2.24) is 4.57 Å². The Labute approximate surface area is 138 Å². The van der Waals surface area contributed by atoms with Crippen LogP contribution in [-0.2, 0) is 6.54 Å². The standard InChI is InChI=1S/C19H24N4/c1-15-7-6-8-16(11-15)14-23-17(13-20)12-18(21)19(23)22-9-4-2-3-5-10-22/h6-8,11-12H,2-5,9-10,14,21H2,1H3. The van der Waals surface area contributed by atoms with E-state index in [1.165, 1.54) is 36.8 Å². The number of rotatable bonds is 3. The Bertz CT molecular complexity index is 715. The third-order valence-corrected chi connectivity index (χ3v) is 4.54. The molecule has 1 saturated heterocycles. The fourth-order valence-corrected chi connectivity index (χ4v) is 3.44. The second-order valence-electron chi connectivity index (χ2n) is 6.40. The molecule has 2 heterocycles. The second-order valence-corrected chi connectivity index (χ2v) is 6.40. The number of aromatic nitrogens is 1. The molecule has 0 unspecified atom stereocenters. The molecule has 1 aromatic heterocycles. The molecule has 0 aliphatic carbocycles. The first kappa shape index (κ1) is 15.5. The van der Waals surface area contributed by atoms with Crippen LogP contribution in [0.2, 0.25) is 0 Å².